The molecule has 0 aliphatic carbocycles. The van der Waals surface area contributed by atoms with Crippen molar-refractivity contribution < 1.29 is 18.6 Å². The van der Waals surface area contributed by atoms with Gasteiger partial charge in [-0.25, -0.2) is 8.42 Å². The van der Waals surface area contributed by atoms with Crippen LogP contribution in [0, 0.1) is 0 Å². The lowest BCUT2D eigenvalue weighted by Gasteiger charge is -2.42. The first-order valence-electron chi connectivity index (χ1n) is 10.6. The van der Waals surface area contributed by atoms with Crippen LogP contribution in [0.15, 0.2) is 70.3 Å². The monoisotopic (exact) mass is 472 g/mol. The normalized spacial score (nSPS) is 18.1. The molecule has 1 atom stereocenters. The summed E-state index contributed by atoms with van der Waals surface area (Å²) in [6.07, 6.45) is 0.595. The van der Waals surface area contributed by atoms with Crippen LogP contribution in [0.1, 0.15) is 25.0 Å². The fraction of sp³-hybridized carbons (Fsp3) is 0.333. The Morgan fingerprint density at radius 3 is 2.44 bits per heavy atom. The van der Waals surface area contributed by atoms with E-state index in [9.17, 15) is 18.6 Å². The molecule has 0 saturated carbocycles. The van der Waals surface area contributed by atoms with Crippen LogP contribution in [0.25, 0.3) is 0 Å². The second-order valence-electron chi connectivity index (χ2n) is 8.62. The van der Waals surface area contributed by atoms with Crippen molar-refractivity contribution in [2.75, 3.05) is 24.5 Å². The van der Waals surface area contributed by atoms with E-state index in [1.54, 1.807) is 53.9 Å². The van der Waals surface area contributed by atoms with E-state index in [1.165, 1.54) is 11.3 Å². The van der Waals surface area contributed by atoms with Crippen LogP contribution in [0.2, 0.25) is 0 Å². The Morgan fingerprint density at radius 1 is 1.06 bits per heavy atom. The van der Waals surface area contributed by atoms with Gasteiger partial charge in [0.2, 0.25) is 0 Å². The molecule has 0 bridgehead atoms. The third kappa shape index (κ3) is 4.83. The number of anilines is 1. The molecule has 1 aliphatic rings. The third-order valence-electron chi connectivity index (χ3n) is 5.82. The van der Waals surface area contributed by atoms with Crippen LogP contribution in [0.4, 0.5) is 5.69 Å². The minimum Gasteiger partial charge on any atom is -0.508 e. The van der Waals surface area contributed by atoms with Gasteiger partial charge in [-0.1, -0.05) is 30.3 Å². The highest BCUT2D eigenvalue weighted by Gasteiger charge is 2.35. The number of hydrogen-bond acceptors (Lipinski definition) is 6. The Kier molecular flexibility index (Phi) is 6.31. The number of aromatic hydroxyl groups is 1. The number of phenolic OH excluding ortho intramolecular Hbond substituents is 1. The zero-order valence-electron chi connectivity index (χ0n) is 18.2. The molecule has 4 rings (SSSR count). The molecule has 6 nitrogen and oxygen atoms in total. The topological polar surface area (TPSA) is 81.1 Å². The average molecular weight is 473 g/mol. The lowest BCUT2D eigenvalue weighted by atomic mass is 9.97. The van der Waals surface area contributed by atoms with Gasteiger partial charge in [0.05, 0.1) is 5.60 Å². The van der Waals surface area contributed by atoms with Crippen molar-refractivity contribution in [2.45, 2.75) is 36.1 Å². The molecule has 1 unspecified atom stereocenters. The standard InChI is InChI=1S/C24H28N2O4S2/c1-24(2,28)19-8-10-20(11-9-19)26-13-12-25(32(29,30)23-7-4-14-31-23)17-21(26)15-18-5-3-6-22(27)16-18/h3-11,14,16,21,27-28H,12-13,15,17H2,1-2H3. The molecule has 3 aromatic rings. The van der Waals surface area contributed by atoms with Gasteiger partial charge in [0.25, 0.3) is 10.0 Å². The minimum absolute atomic E-state index is 0.103. The van der Waals surface area contributed by atoms with Crippen LogP contribution in [-0.2, 0) is 22.0 Å². The van der Waals surface area contributed by atoms with Crippen LogP contribution < -0.4 is 4.90 Å². The summed E-state index contributed by atoms with van der Waals surface area (Å²) >= 11 is 1.23. The summed E-state index contributed by atoms with van der Waals surface area (Å²) in [4.78, 5) is 2.22. The quantitative estimate of drug-likeness (QED) is 0.570. The van der Waals surface area contributed by atoms with Gasteiger partial charge < -0.3 is 15.1 Å². The van der Waals surface area contributed by atoms with Gasteiger partial charge in [-0.15, -0.1) is 11.3 Å². The SMILES string of the molecule is CC(C)(O)c1ccc(N2CCN(S(=O)(=O)c3cccs3)CC2Cc2cccc(O)c2)cc1. The Morgan fingerprint density at radius 2 is 1.81 bits per heavy atom. The van der Waals surface area contributed by atoms with Gasteiger partial charge in [-0.05, 0) is 67.1 Å². The summed E-state index contributed by atoms with van der Waals surface area (Å²) in [7, 11) is -3.54. The molecule has 0 radical (unpaired) electrons. The number of nitrogens with zero attached hydrogens (tertiary/aromatic N) is 2. The molecular weight excluding hydrogens is 444 g/mol. The number of benzene rings is 2. The smallest absolute Gasteiger partial charge is 0.252 e. The second kappa shape index (κ2) is 8.86. The van der Waals surface area contributed by atoms with Crippen molar-refractivity contribution >= 4 is 27.0 Å². The average Bonchev–Trinajstić information content (AvgIpc) is 3.29. The molecule has 1 fully saturated rings. The zero-order chi connectivity index (χ0) is 22.9. The van der Waals surface area contributed by atoms with Gasteiger partial charge in [0, 0.05) is 31.4 Å². The molecule has 2 aromatic carbocycles. The molecular formula is C24H28N2O4S2. The Balaban J connectivity index is 1.63. The Labute approximate surface area is 193 Å². The van der Waals surface area contributed by atoms with Gasteiger partial charge >= 0.3 is 0 Å². The maximum Gasteiger partial charge on any atom is 0.252 e. The fourth-order valence-electron chi connectivity index (χ4n) is 4.11. The Hall–Kier alpha value is -2.39. The van der Waals surface area contributed by atoms with Gasteiger partial charge in [0.1, 0.15) is 9.96 Å². The second-order valence-corrected chi connectivity index (χ2v) is 11.7. The van der Waals surface area contributed by atoms with E-state index in [4.69, 9.17) is 0 Å². The summed E-state index contributed by atoms with van der Waals surface area (Å²) in [6, 6.07) is 18.2. The highest BCUT2D eigenvalue weighted by molar-refractivity contribution is 7.91. The number of sulfonamides is 1. The van der Waals surface area contributed by atoms with Crippen LogP contribution in [0.5, 0.6) is 5.75 Å². The number of thiophene rings is 1. The highest BCUT2D eigenvalue weighted by Crippen LogP contribution is 2.30. The molecule has 8 heteroatoms. The van der Waals surface area contributed by atoms with Crippen molar-refractivity contribution in [3.05, 3.63) is 77.2 Å². The predicted octanol–water partition coefficient (Wildman–Crippen LogP) is 3.80. The van der Waals surface area contributed by atoms with Gasteiger partial charge in [-0.2, -0.15) is 4.31 Å². The highest BCUT2D eigenvalue weighted by atomic mass is 32.2. The minimum atomic E-state index is -3.54. The van der Waals surface area contributed by atoms with Crippen molar-refractivity contribution in [2.24, 2.45) is 0 Å². The summed E-state index contributed by atoms with van der Waals surface area (Å²) in [5.74, 6) is 0.197. The number of phenols is 1. The number of rotatable bonds is 6. The van der Waals surface area contributed by atoms with E-state index in [-0.39, 0.29) is 11.8 Å². The number of piperazine rings is 1. The fourth-order valence-corrected chi connectivity index (χ4v) is 6.73. The zero-order valence-corrected chi connectivity index (χ0v) is 19.8. The van der Waals surface area contributed by atoms with E-state index in [0.717, 1.165) is 16.8 Å². The first kappa shape index (κ1) is 22.8. The lowest BCUT2D eigenvalue weighted by molar-refractivity contribution is 0.0786. The number of hydrogen-bond donors (Lipinski definition) is 2. The van der Waals surface area contributed by atoms with E-state index in [1.807, 2.05) is 30.3 Å². The predicted molar refractivity (Wildman–Crippen MR) is 128 cm³/mol. The van der Waals surface area contributed by atoms with Crippen molar-refractivity contribution in [1.82, 2.24) is 4.31 Å². The molecule has 2 heterocycles. The largest absolute Gasteiger partial charge is 0.508 e. The molecule has 32 heavy (non-hydrogen) atoms. The van der Waals surface area contributed by atoms with Gasteiger partial charge in [-0.3, -0.25) is 0 Å². The van der Waals surface area contributed by atoms with Crippen molar-refractivity contribution in [3.63, 3.8) is 0 Å². The third-order valence-corrected chi connectivity index (χ3v) is 9.06. The van der Waals surface area contributed by atoms with E-state index < -0.39 is 15.6 Å². The maximum atomic E-state index is 13.1. The molecule has 0 amide bonds. The Bertz CT molecular complexity index is 1150. The van der Waals surface area contributed by atoms with Crippen molar-refractivity contribution in [3.8, 4) is 5.75 Å². The molecule has 0 spiro atoms. The van der Waals surface area contributed by atoms with Gasteiger partial charge in [0.15, 0.2) is 0 Å². The first-order valence-corrected chi connectivity index (χ1v) is 12.9. The molecule has 2 N–H and O–H groups in total. The first-order chi connectivity index (χ1) is 15.1. The lowest BCUT2D eigenvalue weighted by Crippen LogP contribution is -2.55. The van der Waals surface area contributed by atoms with Crippen LogP contribution in [0.3, 0.4) is 0 Å². The molecule has 1 aromatic heterocycles. The van der Waals surface area contributed by atoms with Crippen LogP contribution in [-0.4, -0.2) is 48.6 Å². The summed E-state index contributed by atoms with van der Waals surface area (Å²) < 4.78 is 28.2. The summed E-state index contributed by atoms with van der Waals surface area (Å²) in [5, 5.41) is 21.9. The van der Waals surface area contributed by atoms with E-state index >= 15 is 0 Å². The number of aliphatic hydroxyl groups is 1. The summed E-state index contributed by atoms with van der Waals surface area (Å²) in [6.45, 7) is 4.80. The molecule has 1 saturated heterocycles. The van der Waals surface area contributed by atoms with E-state index in [2.05, 4.69) is 4.90 Å². The van der Waals surface area contributed by atoms with E-state index in [0.29, 0.717) is 30.3 Å². The molecule has 1 aliphatic heterocycles. The van der Waals surface area contributed by atoms with Crippen LogP contribution >= 0.6 is 11.3 Å². The molecule has 170 valence electrons. The summed E-state index contributed by atoms with van der Waals surface area (Å²) in [5.41, 5.74) is 1.83. The maximum absolute atomic E-state index is 13.1. The van der Waals surface area contributed by atoms with Crippen molar-refractivity contribution in [1.29, 1.82) is 0 Å².